The average molecular weight is 336 g/mol. The Labute approximate surface area is 136 Å². The lowest BCUT2D eigenvalue weighted by Crippen LogP contribution is -2.28. The molecule has 1 N–H and O–H groups in total. The number of rotatable bonds is 8. The van der Waals surface area contributed by atoms with E-state index in [-0.39, 0.29) is 13.2 Å². The van der Waals surface area contributed by atoms with Gasteiger partial charge in [-0.1, -0.05) is 48.5 Å². The summed E-state index contributed by atoms with van der Waals surface area (Å²) in [6.07, 6.45) is 0. The van der Waals surface area contributed by atoms with Crippen LogP contribution in [0.25, 0.3) is 0 Å². The Hall–Kier alpha value is -1.49. The second kappa shape index (κ2) is 7.86. The van der Waals surface area contributed by atoms with Crippen molar-refractivity contribution in [3.05, 3.63) is 66.2 Å². The van der Waals surface area contributed by atoms with Crippen molar-refractivity contribution in [2.75, 3.05) is 13.2 Å². The first-order valence-corrected chi connectivity index (χ1v) is 8.91. The molecule has 6 heteroatoms. The van der Waals surface area contributed by atoms with Gasteiger partial charge in [0.1, 0.15) is 5.60 Å². The van der Waals surface area contributed by atoms with E-state index < -0.39 is 13.2 Å². The van der Waals surface area contributed by atoms with Crippen LogP contribution in [-0.2, 0) is 24.3 Å². The van der Waals surface area contributed by atoms with Gasteiger partial charge in [0.2, 0.25) is 0 Å². The summed E-state index contributed by atoms with van der Waals surface area (Å²) in [6.45, 7) is 3.35. The molecule has 2 aromatic carbocycles. The molecule has 124 valence electrons. The summed E-state index contributed by atoms with van der Waals surface area (Å²) in [6, 6.07) is 17.6. The maximum Gasteiger partial charge on any atom is 0.388 e. The lowest BCUT2D eigenvalue weighted by atomic mass is 9.97. The van der Waals surface area contributed by atoms with E-state index in [9.17, 15) is 9.67 Å². The zero-order chi connectivity index (χ0) is 16.8. The van der Waals surface area contributed by atoms with Crippen LogP contribution in [0.2, 0.25) is 0 Å². The van der Waals surface area contributed by atoms with Gasteiger partial charge < -0.3 is 9.63 Å². The molecule has 0 radical (unpaired) electrons. The van der Waals surface area contributed by atoms with Gasteiger partial charge in [-0.25, -0.2) is 4.89 Å². The molecule has 0 bridgehead atoms. The Morgan fingerprint density at radius 1 is 1.04 bits per heavy atom. The molecule has 2 atom stereocenters. The standard InChI is InChI=1S/C17H21O5P/c1-3-20-22-23(19,16-12-8-5-9-13-16)21-14-17(2,18)15-10-6-4-7-11-15/h4-13,18H,3,14H2,1-2H3. The molecule has 0 aliphatic rings. The highest BCUT2D eigenvalue weighted by Gasteiger charge is 2.34. The fourth-order valence-corrected chi connectivity index (χ4v) is 3.44. The molecule has 0 aromatic heterocycles. The zero-order valence-electron chi connectivity index (χ0n) is 13.2. The summed E-state index contributed by atoms with van der Waals surface area (Å²) in [4.78, 5) is 4.85. The van der Waals surface area contributed by atoms with Gasteiger partial charge in [0, 0.05) is 0 Å². The first-order chi connectivity index (χ1) is 11.0. The Balaban J connectivity index is 2.17. The number of hydrogen-bond donors (Lipinski definition) is 1. The van der Waals surface area contributed by atoms with Crippen molar-refractivity contribution in [2.24, 2.45) is 0 Å². The Kier molecular flexibility index (Phi) is 6.10. The van der Waals surface area contributed by atoms with E-state index in [4.69, 9.17) is 14.1 Å². The van der Waals surface area contributed by atoms with E-state index in [1.54, 1.807) is 56.3 Å². The first-order valence-electron chi connectivity index (χ1n) is 7.37. The van der Waals surface area contributed by atoms with Crippen molar-refractivity contribution in [3.63, 3.8) is 0 Å². The van der Waals surface area contributed by atoms with Crippen LogP contribution in [0.3, 0.4) is 0 Å². The molecule has 0 fully saturated rings. The van der Waals surface area contributed by atoms with Gasteiger partial charge in [-0.2, -0.15) is 0 Å². The minimum absolute atomic E-state index is 0.198. The van der Waals surface area contributed by atoms with Crippen molar-refractivity contribution in [1.82, 2.24) is 0 Å². The van der Waals surface area contributed by atoms with Crippen LogP contribution in [0.1, 0.15) is 19.4 Å². The second-order valence-corrected chi connectivity index (χ2v) is 7.15. The first kappa shape index (κ1) is 17.9. The summed E-state index contributed by atoms with van der Waals surface area (Å²) in [7, 11) is -3.69. The average Bonchev–Trinajstić information content (AvgIpc) is 2.60. The fraction of sp³-hybridized carbons (Fsp3) is 0.294. The predicted molar refractivity (Wildman–Crippen MR) is 88.4 cm³/mol. The molecule has 0 aliphatic carbocycles. The summed E-state index contributed by atoms with van der Waals surface area (Å²) < 4.78 is 23.5. The lowest BCUT2D eigenvalue weighted by molar-refractivity contribution is -0.210. The second-order valence-electron chi connectivity index (χ2n) is 5.23. The molecule has 0 amide bonds. The normalized spacial score (nSPS) is 16.5. The SMILES string of the molecule is CCOOP(=O)(OCC(C)(O)c1ccccc1)c1ccccc1. The van der Waals surface area contributed by atoms with Gasteiger partial charge in [-0.15, -0.1) is 4.67 Å². The van der Waals surface area contributed by atoms with Crippen LogP contribution < -0.4 is 5.30 Å². The zero-order valence-corrected chi connectivity index (χ0v) is 14.1. The van der Waals surface area contributed by atoms with E-state index >= 15 is 0 Å². The van der Waals surface area contributed by atoms with Gasteiger partial charge in [0.25, 0.3) is 0 Å². The molecule has 2 aromatic rings. The van der Waals surface area contributed by atoms with E-state index in [1.807, 2.05) is 18.2 Å². The smallest absolute Gasteiger partial charge is 0.383 e. The van der Waals surface area contributed by atoms with Crippen LogP contribution >= 0.6 is 7.60 Å². The topological polar surface area (TPSA) is 65.0 Å². The molecular weight excluding hydrogens is 315 g/mol. The van der Waals surface area contributed by atoms with Gasteiger partial charge in [0.15, 0.2) is 0 Å². The largest absolute Gasteiger partial charge is 0.388 e. The third-order valence-corrected chi connectivity index (χ3v) is 4.95. The minimum atomic E-state index is -3.69. The Bertz CT molecular complexity index is 643. The lowest BCUT2D eigenvalue weighted by Gasteiger charge is -2.26. The van der Waals surface area contributed by atoms with Crippen LogP contribution in [0.5, 0.6) is 0 Å². The van der Waals surface area contributed by atoms with Gasteiger partial charge >= 0.3 is 7.60 Å². The molecule has 23 heavy (non-hydrogen) atoms. The summed E-state index contributed by atoms with van der Waals surface area (Å²) in [5.41, 5.74) is -0.641. The monoisotopic (exact) mass is 336 g/mol. The van der Waals surface area contributed by atoms with E-state index in [0.29, 0.717) is 10.9 Å². The quantitative estimate of drug-likeness (QED) is 0.455. The third kappa shape index (κ3) is 4.74. The third-order valence-electron chi connectivity index (χ3n) is 3.25. The molecule has 0 saturated carbocycles. The summed E-state index contributed by atoms with van der Waals surface area (Å²) in [5.74, 6) is 0. The molecule has 2 rings (SSSR count). The number of aliphatic hydroxyl groups is 1. The van der Waals surface area contributed by atoms with Crippen molar-refractivity contribution >= 4 is 12.9 Å². The Morgan fingerprint density at radius 3 is 2.17 bits per heavy atom. The van der Waals surface area contributed by atoms with Crippen LogP contribution in [0.4, 0.5) is 0 Å². The molecular formula is C17H21O5P. The highest BCUT2D eigenvalue weighted by atomic mass is 31.2. The molecule has 5 nitrogen and oxygen atoms in total. The highest BCUT2D eigenvalue weighted by Crippen LogP contribution is 2.48. The van der Waals surface area contributed by atoms with Gasteiger partial charge in [0.05, 0.1) is 18.5 Å². The van der Waals surface area contributed by atoms with Crippen LogP contribution in [0.15, 0.2) is 60.7 Å². The van der Waals surface area contributed by atoms with E-state index in [0.717, 1.165) is 0 Å². The molecule has 2 unspecified atom stereocenters. The van der Waals surface area contributed by atoms with E-state index in [2.05, 4.69) is 0 Å². The number of benzene rings is 2. The minimum Gasteiger partial charge on any atom is -0.383 e. The summed E-state index contributed by atoms with van der Waals surface area (Å²) in [5, 5.41) is 11.0. The van der Waals surface area contributed by atoms with Crippen LogP contribution in [0, 0.1) is 0 Å². The van der Waals surface area contributed by atoms with Crippen molar-refractivity contribution in [2.45, 2.75) is 19.4 Å². The number of hydrogen-bond acceptors (Lipinski definition) is 5. The molecule has 0 spiro atoms. The van der Waals surface area contributed by atoms with Crippen molar-refractivity contribution in [1.29, 1.82) is 0 Å². The van der Waals surface area contributed by atoms with Crippen molar-refractivity contribution < 1.29 is 23.8 Å². The van der Waals surface area contributed by atoms with Crippen molar-refractivity contribution in [3.8, 4) is 0 Å². The summed E-state index contributed by atoms with van der Waals surface area (Å²) >= 11 is 0. The maximum atomic E-state index is 13.0. The molecule has 0 heterocycles. The Morgan fingerprint density at radius 2 is 1.61 bits per heavy atom. The van der Waals surface area contributed by atoms with Gasteiger partial charge in [-0.3, -0.25) is 4.57 Å². The molecule has 0 aliphatic heterocycles. The predicted octanol–water partition coefficient (Wildman–Crippen LogP) is 3.40. The maximum absolute atomic E-state index is 13.0. The fourth-order valence-electron chi connectivity index (χ4n) is 1.96. The highest BCUT2D eigenvalue weighted by molar-refractivity contribution is 7.62. The van der Waals surface area contributed by atoms with E-state index in [1.165, 1.54) is 0 Å². The molecule has 0 saturated heterocycles. The van der Waals surface area contributed by atoms with Crippen LogP contribution in [-0.4, -0.2) is 18.3 Å². The van der Waals surface area contributed by atoms with Gasteiger partial charge in [-0.05, 0) is 31.5 Å².